The van der Waals surface area contributed by atoms with Crippen LogP contribution in [0.4, 0.5) is 0 Å². The molecule has 0 radical (unpaired) electrons. The molecule has 0 aromatic carbocycles. The molecule has 1 fully saturated rings. The van der Waals surface area contributed by atoms with Gasteiger partial charge >= 0.3 is 0 Å². The van der Waals surface area contributed by atoms with Gasteiger partial charge in [-0.3, -0.25) is 0 Å². The van der Waals surface area contributed by atoms with Gasteiger partial charge in [-0.05, 0) is 59.7 Å². The third-order valence-corrected chi connectivity index (χ3v) is 3.75. The summed E-state index contributed by atoms with van der Waals surface area (Å²) in [6.45, 7) is 9.69. The smallest absolute Gasteiger partial charge is 0.0662 e. The Bertz CT molecular complexity index is 185. The lowest BCUT2D eigenvalue weighted by Crippen LogP contribution is -2.40. The van der Waals surface area contributed by atoms with Gasteiger partial charge in [0.05, 0.1) is 6.10 Å². The highest BCUT2D eigenvalue weighted by Gasteiger charge is 2.17. The largest absolute Gasteiger partial charge is 0.392 e. The fourth-order valence-corrected chi connectivity index (χ4v) is 2.27. The average molecular weight is 228 g/mol. The van der Waals surface area contributed by atoms with Gasteiger partial charge in [-0.25, -0.2) is 0 Å². The minimum atomic E-state index is -0.256. The topological polar surface area (TPSA) is 35.5 Å². The molecule has 96 valence electrons. The van der Waals surface area contributed by atoms with Gasteiger partial charge in [0.1, 0.15) is 0 Å². The van der Waals surface area contributed by atoms with Crippen LogP contribution in [0, 0.1) is 0 Å². The number of nitrogens with zero attached hydrogens (tertiary/aromatic N) is 1. The van der Waals surface area contributed by atoms with E-state index in [1.807, 2.05) is 13.8 Å². The Hall–Kier alpha value is -0.120. The molecule has 1 saturated heterocycles. The van der Waals surface area contributed by atoms with Crippen molar-refractivity contribution in [1.82, 2.24) is 10.2 Å². The zero-order chi connectivity index (χ0) is 12.0. The maximum Gasteiger partial charge on any atom is 0.0662 e. The number of aliphatic hydroxyl groups is 1. The highest BCUT2D eigenvalue weighted by molar-refractivity contribution is 4.73. The van der Waals surface area contributed by atoms with E-state index in [0.717, 1.165) is 12.6 Å². The first-order valence-corrected chi connectivity index (χ1v) is 6.76. The minimum Gasteiger partial charge on any atom is -0.392 e. The van der Waals surface area contributed by atoms with Crippen LogP contribution in [0.2, 0.25) is 0 Å². The Morgan fingerprint density at radius 2 is 2.12 bits per heavy atom. The predicted octanol–water partition coefficient (Wildman–Crippen LogP) is 1.61. The van der Waals surface area contributed by atoms with Gasteiger partial charge in [0, 0.05) is 12.1 Å². The van der Waals surface area contributed by atoms with Crippen LogP contribution in [0.3, 0.4) is 0 Å². The Labute approximate surface area is 100 Å². The molecule has 2 N–H and O–H groups in total. The monoisotopic (exact) mass is 228 g/mol. The zero-order valence-electron chi connectivity index (χ0n) is 11.1. The molecule has 0 aliphatic carbocycles. The summed E-state index contributed by atoms with van der Waals surface area (Å²) in [5.41, 5.74) is 0. The Kier molecular flexibility index (Phi) is 6.32. The molecule has 1 rings (SSSR count). The molecule has 0 saturated carbocycles. The second-order valence-electron chi connectivity index (χ2n) is 5.22. The number of hydrogen-bond acceptors (Lipinski definition) is 3. The average Bonchev–Trinajstić information content (AvgIpc) is 2.26. The van der Waals surface area contributed by atoms with Crippen molar-refractivity contribution < 1.29 is 5.11 Å². The van der Waals surface area contributed by atoms with Crippen LogP contribution in [-0.2, 0) is 0 Å². The fourth-order valence-electron chi connectivity index (χ4n) is 2.27. The van der Waals surface area contributed by atoms with E-state index in [4.69, 9.17) is 0 Å². The summed E-state index contributed by atoms with van der Waals surface area (Å²) in [6.07, 6.45) is 5.05. The van der Waals surface area contributed by atoms with Gasteiger partial charge in [0.15, 0.2) is 0 Å². The molecule has 0 spiro atoms. The summed E-state index contributed by atoms with van der Waals surface area (Å²) in [5.74, 6) is 0. The lowest BCUT2D eigenvalue weighted by atomic mass is 10.0. The van der Waals surface area contributed by atoms with Crippen LogP contribution in [0.5, 0.6) is 0 Å². The fraction of sp³-hybridized carbons (Fsp3) is 1.00. The van der Waals surface area contributed by atoms with Gasteiger partial charge in [-0.15, -0.1) is 0 Å². The van der Waals surface area contributed by atoms with E-state index in [1.165, 1.54) is 38.8 Å². The Balaban J connectivity index is 2.06. The molecule has 3 unspecified atom stereocenters. The van der Waals surface area contributed by atoms with E-state index < -0.39 is 0 Å². The van der Waals surface area contributed by atoms with Crippen molar-refractivity contribution in [3.05, 3.63) is 0 Å². The molecule has 1 aliphatic heterocycles. The zero-order valence-corrected chi connectivity index (χ0v) is 11.1. The molecule has 3 nitrogen and oxygen atoms in total. The molecule has 1 aliphatic rings. The first-order chi connectivity index (χ1) is 7.61. The third kappa shape index (κ3) is 4.81. The van der Waals surface area contributed by atoms with Crippen LogP contribution in [-0.4, -0.2) is 47.8 Å². The number of aliphatic hydroxyl groups excluding tert-OH is 1. The molecule has 3 heteroatoms. The number of rotatable bonds is 6. The van der Waals surface area contributed by atoms with Crippen molar-refractivity contribution in [2.75, 3.05) is 19.6 Å². The van der Waals surface area contributed by atoms with Gasteiger partial charge in [0.2, 0.25) is 0 Å². The van der Waals surface area contributed by atoms with Gasteiger partial charge in [-0.2, -0.15) is 0 Å². The van der Waals surface area contributed by atoms with E-state index in [1.54, 1.807) is 0 Å². The van der Waals surface area contributed by atoms with Gasteiger partial charge in [0.25, 0.3) is 0 Å². The number of hydrogen-bond donors (Lipinski definition) is 2. The van der Waals surface area contributed by atoms with E-state index in [9.17, 15) is 5.11 Å². The molecule has 16 heavy (non-hydrogen) atoms. The predicted molar refractivity (Wildman–Crippen MR) is 68.6 cm³/mol. The number of likely N-dealkylation sites (tertiary alicyclic amines) is 1. The van der Waals surface area contributed by atoms with Crippen LogP contribution in [0.15, 0.2) is 0 Å². The summed E-state index contributed by atoms with van der Waals surface area (Å²) in [4.78, 5) is 2.60. The van der Waals surface area contributed by atoms with Crippen molar-refractivity contribution in [1.29, 1.82) is 0 Å². The highest BCUT2D eigenvalue weighted by atomic mass is 16.3. The van der Waals surface area contributed by atoms with Gasteiger partial charge < -0.3 is 15.3 Å². The molecule has 0 aromatic heterocycles. The van der Waals surface area contributed by atoms with Crippen LogP contribution < -0.4 is 5.32 Å². The summed E-state index contributed by atoms with van der Waals surface area (Å²) in [7, 11) is 0. The second kappa shape index (κ2) is 7.25. The Morgan fingerprint density at radius 1 is 1.38 bits per heavy atom. The van der Waals surface area contributed by atoms with Crippen LogP contribution >= 0.6 is 0 Å². The lowest BCUT2D eigenvalue weighted by Gasteiger charge is -2.33. The van der Waals surface area contributed by atoms with Crippen molar-refractivity contribution in [3.63, 3.8) is 0 Å². The van der Waals surface area contributed by atoms with Crippen LogP contribution in [0.25, 0.3) is 0 Å². The van der Waals surface area contributed by atoms with E-state index in [-0.39, 0.29) is 12.1 Å². The Morgan fingerprint density at radius 3 is 2.75 bits per heavy atom. The van der Waals surface area contributed by atoms with E-state index >= 15 is 0 Å². The van der Waals surface area contributed by atoms with E-state index in [2.05, 4.69) is 17.1 Å². The number of piperidine rings is 1. The van der Waals surface area contributed by atoms with Crippen molar-refractivity contribution >= 4 is 0 Å². The van der Waals surface area contributed by atoms with Crippen molar-refractivity contribution in [3.8, 4) is 0 Å². The highest BCUT2D eigenvalue weighted by Crippen LogP contribution is 2.15. The lowest BCUT2D eigenvalue weighted by molar-refractivity contribution is 0.143. The number of nitrogens with one attached hydrogen (secondary N) is 1. The summed E-state index contributed by atoms with van der Waals surface area (Å²) in [6, 6.07) is 0.974. The molecule has 0 bridgehead atoms. The molecule has 0 amide bonds. The first kappa shape index (κ1) is 13.9. The van der Waals surface area contributed by atoms with Crippen molar-refractivity contribution in [2.24, 2.45) is 0 Å². The molecule has 0 aromatic rings. The van der Waals surface area contributed by atoms with E-state index in [0.29, 0.717) is 0 Å². The first-order valence-electron chi connectivity index (χ1n) is 6.76. The quantitative estimate of drug-likeness (QED) is 0.678. The maximum absolute atomic E-state index is 9.34. The normalized spacial score (nSPS) is 26.6. The summed E-state index contributed by atoms with van der Waals surface area (Å²) < 4.78 is 0. The SMILES string of the molecule is CC(O)C(C)NCCCN1CCCCC1C. The summed E-state index contributed by atoms with van der Waals surface area (Å²) in [5, 5.41) is 12.7. The van der Waals surface area contributed by atoms with Crippen LogP contribution in [0.1, 0.15) is 46.5 Å². The van der Waals surface area contributed by atoms with Gasteiger partial charge in [-0.1, -0.05) is 6.42 Å². The second-order valence-corrected chi connectivity index (χ2v) is 5.22. The standard InChI is InChI=1S/C13H28N2O/c1-11-7-4-5-9-15(11)10-6-8-14-12(2)13(3)16/h11-14,16H,4-10H2,1-3H3. The van der Waals surface area contributed by atoms with Crippen molar-refractivity contribution in [2.45, 2.75) is 64.6 Å². The molecular formula is C13H28N2O. The molecule has 3 atom stereocenters. The third-order valence-electron chi connectivity index (χ3n) is 3.75. The maximum atomic E-state index is 9.34. The minimum absolute atomic E-state index is 0.207. The summed E-state index contributed by atoms with van der Waals surface area (Å²) >= 11 is 0. The molecular weight excluding hydrogens is 200 g/mol. The molecule has 1 heterocycles.